The molecule has 1 aromatic carbocycles. The van der Waals surface area contributed by atoms with Crippen LogP contribution in [0.2, 0.25) is 5.02 Å². The van der Waals surface area contributed by atoms with Gasteiger partial charge < -0.3 is 0 Å². The molecule has 17 heavy (non-hydrogen) atoms. The highest BCUT2D eigenvalue weighted by Gasteiger charge is 2.14. The lowest BCUT2D eigenvalue weighted by molar-refractivity contribution is 0.0989. The van der Waals surface area contributed by atoms with Crippen LogP contribution in [-0.2, 0) is 6.42 Å². The van der Waals surface area contributed by atoms with E-state index in [4.69, 9.17) is 11.6 Å². The van der Waals surface area contributed by atoms with Gasteiger partial charge in [0.25, 0.3) is 0 Å². The maximum absolute atomic E-state index is 13.4. The van der Waals surface area contributed by atoms with Crippen molar-refractivity contribution in [2.75, 3.05) is 0 Å². The van der Waals surface area contributed by atoms with E-state index in [1.807, 2.05) is 12.3 Å². The Kier molecular flexibility index (Phi) is 3.54. The van der Waals surface area contributed by atoms with E-state index < -0.39 is 5.82 Å². The number of carbonyl (C=O) groups excluding carboxylic acids is 1. The Balaban J connectivity index is 2.22. The van der Waals surface area contributed by atoms with Gasteiger partial charge in [0.15, 0.2) is 5.78 Å². The van der Waals surface area contributed by atoms with E-state index in [1.165, 1.54) is 29.5 Å². The number of hydrogen-bond donors (Lipinski definition) is 0. The highest BCUT2D eigenvalue weighted by atomic mass is 35.5. The third-order valence-corrected chi connectivity index (χ3v) is 3.41. The number of aromatic nitrogens is 1. The second-order valence-corrected chi connectivity index (χ2v) is 4.99. The quantitative estimate of drug-likeness (QED) is 0.796. The van der Waals surface area contributed by atoms with E-state index >= 15 is 0 Å². The van der Waals surface area contributed by atoms with Gasteiger partial charge in [-0.25, -0.2) is 9.37 Å². The molecule has 0 spiro atoms. The lowest BCUT2D eigenvalue weighted by Crippen LogP contribution is -2.06. The Morgan fingerprint density at radius 1 is 1.53 bits per heavy atom. The molecule has 0 fully saturated rings. The average Bonchev–Trinajstić information content (AvgIpc) is 2.67. The predicted molar refractivity (Wildman–Crippen MR) is 66.3 cm³/mol. The second kappa shape index (κ2) is 4.94. The van der Waals surface area contributed by atoms with Gasteiger partial charge in [-0.05, 0) is 25.1 Å². The number of nitrogens with zero attached hydrogens (tertiary/aromatic N) is 1. The summed E-state index contributed by atoms with van der Waals surface area (Å²) in [4.78, 5) is 16.0. The summed E-state index contributed by atoms with van der Waals surface area (Å²) >= 11 is 7.13. The number of Topliss-reactive ketones (excluding diaryl/α,β-unsaturated/α-hetero) is 1. The van der Waals surface area contributed by atoms with Crippen LogP contribution in [0.15, 0.2) is 23.6 Å². The summed E-state index contributed by atoms with van der Waals surface area (Å²) < 4.78 is 13.4. The van der Waals surface area contributed by atoms with E-state index in [0.717, 1.165) is 5.69 Å². The molecule has 0 atom stereocenters. The largest absolute Gasteiger partial charge is 0.294 e. The van der Waals surface area contributed by atoms with Crippen molar-refractivity contribution >= 4 is 28.7 Å². The second-order valence-electron chi connectivity index (χ2n) is 3.61. The highest BCUT2D eigenvalue weighted by Crippen LogP contribution is 2.18. The van der Waals surface area contributed by atoms with Gasteiger partial charge in [-0.2, -0.15) is 0 Å². The number of benzene rings is 1. The molecule has 88 valence electrons. The molecule has 0 bridgehead atoms. The average molecular weight is 270 g/mol. The molecular weight excluding hydrogens is 261 g/mol. The monoisotopic (exact) mass is 269 g/mol. The van der Waals surface area contributed by atoms with Gasteiger partial charge >= 0.3 is 0 Å². The first kappa shape index (κ1) is 12.2. The van der Waals surface area contributed by atoms with Gasteiger partial charge in [0.2, 0.25) is 0 Å². The Morgan fingerprint density at radius 2 is 2.29 bits per heavy atom. The molecule has 0 amide bonds. The number of carbonyl (C=O) groups is 1. The fourth-order valence-corrected chi connectivity index (χ4v) is 2.37. The normalized spacial score (nSPS) is 10.5. The number of hydrogen-bond acceptors (Lipinski definition) is 3. The summed E-state index contributed by atoms with van der Waals surface area (Å²) in [5.74, 6) is -0.855. The molecule has 1 heterocycles. The Morgan fingerprint density at radius 3 is 2.94 bits per heavy atom. The first-order valence-electron chi connectivity index (χ1n) is 4.95. The lowest BCUT2D eigenvalue weighted by atomic mass is 10.1. The topological polar surface area (TPSA) is 30.0 Å². The van der Waals surface area contributed by atoms with Crippen LogP contribution in [0, 0.1) is 12.7 Å². The maximum atomic E-state index is 13.4. The molecule has 0 aliphatic carbocycles. The lowest BCUT2D eigenvalue weighted by Gasteiger charge is -2.01. The van der Waals surface area contributed by atoms with Crippen molar-refractivity contribution < 1.29 is 9.18 Å². The zero-order valence-electron chi connectivity index (χ0n) is 9.04. The molecule has 1 aromatic heterocycles. The third-order valence-electron chi connectivity index (χ3n) is 2.21. The van der Waals surface area contributed by atoms with Crippen molar-refractivity contribution in [1.29, 1.82) is 0 Å². The molecule has 2 nitrogen and oxygen atoms in total. The first-order valence-corrected chi connectivity index (χ1v) is 6.21. The molecule has 2 aromatic rings. The Bertz CT molecular complexity index is 567. The number of halogens is 2. The van der Waals surface area contributed by atoms with Crippen LogP contribution in [-0.4, -0.2) is 10.8 Å². The van der Waals surface area contributed by atoms with Gasteiger partial charge in [0.1, 0.15) is 10.8 Å². The zero-order chi connectivity index (χ0) is 12.4. The fraction of sp³-hybridized carbons (Fsp3) is 0.167. The van der Waals surface area contributed by atoms with Crippen LogP contribution in [0.4, 0.5) is 4.39 Å². The minimum absolute atomic E-state index is 0.0188. The fourth-order valence-electron chi connectivity index (χ4n) is 1.43. The van der Waals surface area contributed by atoms with E-state index in [0.29, 0.717) is 10.0 Å². The van der Waals surface area contributed by atoms with Crippen LogP contribution in [0.3, 0.4) is 0 Å². The van der Waals surface area contributed by atoms with Crippen molar-refractivity contribution in [2.45, 2.75) is 13.3 Å². The van der Waals surface area contributed by atoms with Crippen LogP contribution in [0.25, 0.3) is 0 Å². The van der Waals surface area contributed by atoms with E-state index in [9.17, 15) is 9.18 Å². The SMILES string of the molecule is Cc1csc(CC(=O)c2cc(Cl)ccc2F)n1. The third kappa shape index (κ3) is 2.90. The smallest absolute Gasteiger partial charge is 0.172 e. The minimum Gasteiger partial charge on any atom is -0.294 e. The van der Waals surface area contributed by atoms with Crippen LogP contribution in [0.1, 0.15) is 21.1 Å². The van der Waals surface area contributed by atoms with Crippen molar-refractivity contribution in [2.24, 2.45) is 0 Å². The summed E-state index contributed by atoms with van der Waals surface area (Å²) in [5.41, 5.74) is 0.884. The molecule has 0 saturated heterocycles. The number of thiazole rings is 1. The van der Waals surface area contributed by atoms with Gasteiger partial charge in [-0.3, -0.25) is 4.79 Å². The van der Waals surface area contributed by atoms with E-state index in [2.05, 4.69) is 4.98 Å². The molecule has 0 N–H and O–H groups in total. The molecular formula is C12H9ClFNOS. The van der Waals surface area contributed by atoms with Gasteiger partial charge in [0, 0.05) is 16.1 Å². The number of rotatable bonds is 3. The van der Waals surface area contributed by atoms with Crippen LogP contribution >= 0.6 is 22.9 Å². The highest BCUT2D eigenvalue weighted by molar-refractivity contribution is 7.09. The maximum Gasteiger partial charge on any atom is 0.172 e. The summed E-state index contributed by atoms with van der Waals surface area (Å²) in [5, 5.41) is 2.90. The molecule has 0 radical (unpaired) electrons. The standard InChI is InChI=1S/C12H9ClFNOS/c1-7-6-17-12(15-7)5-11(16)9-4-8(13)2-3-10(9)14/h2-4,6H,5H2,1H3. The van der Waals surface area contributed by atoms with Gasteiger partial charge in [-0.15, -0.1) is 11.3 Å². The number of aryl methyl sites for hydroxylation is 1. The molecule has 2 rings (SSSR count). The van der Waals surface area contributed by atoms with Crippen molar-refractivity contribution in [3.63, 3.8) is 0 Å². The van der Waals surface area contributed by atoms with Crippen LogP contribution in [0.5, 0.6) is 0 Å². The van der Waals surface area contributed by atoms with Gasteiger partial charge in [-0.1, -0.05) is 11.6 Å². The van der Waals surface area contributed by atoms with Gasteiger partial charge in [0.05, 0.1) is 12.0 Å². The molecule has 0 aliphatic rings. The van der Waals surface area contributed by atoms with Crippen molar-refractivity contribution in [1.82, 2.24) is 4.98 Å². The van der Waals surface area contributed by atoms with Crippen molar-refractivity contribution in [3.05, 3.63) is 50.7 Å². The number of ketones is 1. The molecule has 5 heteroatoms. The molecule has 0 unspecified atom stereocenters. The summed E-state index contributed by atoms with van der Waals surface area (Å²) in [6.45, 7) is 1.85. The van der Waals surface area contributed by atoms with E-state index in [1.54, 1.807) is 0 Å². The van der Waals surface area contributed by atoms with E-state index in [-0.39, 0.29) is 17.8 Å². The Labute approximate surface area is 107 Å². The van der Waals surface area contributed by atoms with Crippen molar-refractivity contribution in [3.8, 4) is 0 Å². The summed E-state index contributed by atoms with van der Waals surface area (Å²) in [7, 11) is 0. The zero-order valence-corrected chi connectivity index (χ0v) is 10.6. The molecule has 0 saturated carbocycles. The Hall–Kier alpha value is -1.26. The first-order chi connectivity index (χ1) is 8.06. The summed E-state index contributed by atoms with van der Waals surface area (Å²) in [6.07, 6.45) is 0.107. The predicted octanol–water partition coefficient (Wildman–Crippen LogP) is 3.67. The molecule has 0 aliphatic heterocycles. The minimum atomic E-state index is -0.548. The van der Waals surface area contributed by atoms with Crippen LogP contribution < -0.4 is 0 Å². The summed E-state index contributed by atoms with van der Waals surface area (Å²) in [6, 6.07) is 3.96.